The Morgan fingerprint density at radius 2 is 1.79 bits per heavy atom. The number of benzene rings is 1. The van der Waals surface area contributed by atoms with Crippen LogP contribution in [0, 0.1) is 5.41 Å². The molecule has 0 spiro atoms. The molecule has 9 rings (SSSR count). The Balaban J connectivity index is 0.914. The Hall–Kier alpha value is -6.36. The van der Waals surface area contributed by atoms with Crippen LogP contribution in [0.2, 0.25) is 0 Å². The monoisotopic (exact) mass is 895 g/mol. The van der Waals surface area contributed by atoms with Crippen LogP contribution in [0.3, 0.4) is 0 Å². The number of amides is 2. The van der Waals surface area contributed by atoms with E-state index < -0.39 is 12.2 Å². The van der Waals surface area contributed by atoms with Crippen molar-refractivity contribution in [1.29, 1.82) is 0 Å². The number of hydrogen-bond donors (Lipinski definition) is 4. The second kappa shape index (κ2) is 17.5. The third-order valence-corrected chi connectivity index (χ3v) is 13.8. The van der Waals surface area contributed by atoms with Crippen molar-refractivity contribution in [2.75, 3.05) is 64.6 Å². The van der Waals surface area contributed by atoms with Gasteiger partial charge in [0.25, 0.3) is 11.5 Å². The van der Waals surface area contributed by atoms with Gasteiger partial charge in [-0.3, -0.25) is 29.2 Å². The van der Waals surface area contributed by atoms with Gasteiger partial charge in [-0.25, -0.2) is 9.97 Å². The summed E-state index contributed by atoms with van der Waals surface area (Å²) in [6.45, 7) is 18.8. The number of carbonyl (C=O) groups is 2. The summed E-state index contributed by atoms with van der Waals surface area (Å²) in [6, 6.07) is 13.9. The lowest BCUT2D eigenvalue weighted by Gasteiger charge is -2.47. The zero-order valence-corrected chi connectivity index (χ0v) is 38.8. The smallest absolute Gasteiger partial charge is 0.293 e. The molecule has 0 radical (unpaired) electrons. The predicted octanol–water partition coefficient (Wildman–Crippen LogP) is 5.59. The number of piperazine rings is 1. The van der Waals surface area contributed by atoms with E-state index in [4.69, 9.17) is 4.98 Å². The second-order valence-electron chi connectivity index (χ2n) is 19.6. The van der Waals surface area contributed by atoms with Crippen LogP contribution in [-0.4, -0.2) is 102 Å². The van der Waals surface area contributed by atoms with Crippen LogP contribution in [-0.2, 0) is 43.4 Å². The van der Waals surface area contributed by atoms with Crippen LogP contribution in [0.5, 0.6) is 0 Å². The SMILES string of the molecule is C=CC(=O)Nc1cc(Nc2nc(-c3ccnc(N4CCn5c(cc6c5CC(C)(C)C6)C4=O)c3CO)cn(C)c2=O)ccc1N1CCN(C2CCN(c3ccc(C(C)(C)O)nc3)CC2)CC1C. The number of aryl methyl sites for hydroxylation is 1. The van der Waals surface area contributed by atoms with Crippen molar-refractivity contribution in [3.05, 3.63) is 112 Å². The quantitative estimate of drug-likeness (QED) is 0.121. The minimum Gasteiger partial charge on any atom is -0.392 e. The molecule has 2 amide bonds. The Morgan fingerprint density at radius 1 is 1.00 bits per heavy atom. The molecule has 0 saturated carbocycles. The number of nitrogens with zero attached hydrogens (tertiary/aromatic N) is 9. The van der Waals surface area contributed by atoms with Crippen molar-refractivity contribution in [1.82, 2.24) is 29.0 Å². The van der Waals surface area contributed by atoms with Gasteiger partial charge < -0.3 is 39.8 Å². The second-order valence-corrected chi connectivity index (χ2v) is 19.6. The molecular weight excluding hydrogens is 835 g/mol. The zero-order valence-electron chi connectivity index (χ0n) is 38.8. The number of fused-ring (bicyclic) bond motifs is 3. The third kappa shape index (κ3) is 8.60. The molecule has 4 N–H and O–H groups in total. The molecule has 16 nitrogen and oxygen atoms in total. The van der Waals surface area contributed by atoms with Crippen molar-refractivity contribution in [3.8, 4) is 11.3 Å². The van der Waals surface area contributed by atoms with Gasteiger partial charge in [-0.05, 0) is 106 Å². The number of pyridine rings is 2. The Kier molecular flexibility index (Phi) is 11.9. The number of hydrogen-bond acceptors (Lipinski definition) is 12. The Labute approximate surface area is 385 Å². The molecule has 5 aromatic rings. The molecule has 2 saturated heterocycles. The fraction of sp³-hybridized carbons (Fsp3) is 0.440. The molecule has 1 unspecified atom stereocenters. The maximum Gasteiger partial charge on any atom is 0.293 e. The number of rotatable bonds is 11. The standard InChI is InChI=1S/C50H61N11O5/c1-8-44(63)54-38-24-33(9-11-40(38)59-20-19-58(28-31(59)2)34-14-17-57(18-15-34)35-10-12-43(52-27-35)50(5,6)66)53-45-48(65)56(7)29-39(55-45)36-13-16-51-46(37(36)30-62)61-22-21-60-41(47(61)64)23-32-25-49(3,4)26-42(32)60/h8-13,16,23-24,27,29,31,34,62,66H,1,14-15,17-22,25-26,28,30H2,2-7H3,(H,53,55)(H,54,63). The van der Waals surface area contributed by atoms with Gasteiger partial charge in [-0.15, -0.1) is 0 Å². The van der Waals surface area contributed by atoms with Gasteiger partial charge in [-0.1, -0.05) is 20.4 Å². The van der Waals surface area contributed by atoms with Gasteiger partial charge in [0, 0.05) is 99.8 Å². The lowest BCUT2D eigenvalue weighted by atomic mass is 9.90. The maximum atomic E-state index is 14.0. The minimum atomic E-state index is -0.974. The fourth-order valence-electron chi connectivity index (χ4n) is 10.4. The first kappa shape index (κ1) is 44.8. The Bertz CT molecular complexity index is 2750. The summed E-state index contributed by atoms with van der Waals surface area (Å²) >= 11 is 0. The van der Waals surface area contributed by atoms with Gasteiger partial charge >= 0.3 is 0 Å². The zero-order chi connectivity index (χ0) is 46.7. The first-order valence-corrected chi connectivity index (χ1v) is 23.0. The molecule has 7 heterocycles. The number of carbonyl (C=O) groups excluding carboxylic acids is 2. The van der Waals surface area contributed by atoms with Gasteiger partial charge in [0.2, 0.25) is 5.91 Å². The number of nitrogens with one attached hydrogen (secondary N) is 2. The molecule has 1 aliphatic carbocycles. The van der Waals surface area contributed by atoms with Crippen molar-refractivity contribution >= 4 is 46.2 Å². The van der Waals surface area contributed by atoms with E-state index in [0.717, 1.165) is 69.8 Å². The van der Waals surface area contributed by atoms with E-state index in [9.17, 15) is 24.6 Å². The summed E-state index contributed by atoms with van der Waals surface area (Å²) in [4.78, 5) is 63.4. The minimum absolute atomic E-state index is 0.0470. The molecular formula is C50H61N11O5. The van der Waals surface area contributed by atoms with Crippen molar-refractivity contribution in [3.63, 3.8) is 0 Å². The average molecular weight is 896 g/mol. The van der Waals surface area contributed by atoms with Crippen LogP contribution < -0.4 is 30.9 Å². The summed E-state index contributed by atoms with van der Waals surface area (Å²) in [5, 5.41) is 27.4. The molecule has 3 aliphatic heterocycles. The van der Waals surface area contributed by atoms with E-state index >= 15 is 0 Å². The van der Waals surface area contributed by atoms with E-state index in [-0.39, 0.29) is 34.6 Å². The Morgan fingerprint density at radius 3 is 2.48 bits per heavy atom. The molecule has 2 fully saturated rings. The highest BCUT2D eigenvalue weighted by atomic mass is 16.3. The van der Waals surface area contributed by atoms with Crippen LogP contribution in [0.15, 0.2) is 78.5 Å². The van der Waals surface area contributed by atoms with E-state index in [1.807, 2.05) is 36.5 Å². The molecule has 1 aromatic carbocycles. The van der Waals surface area contributed by atoms with Gasteiger partial charge in [0.1, 0.15) is 17.1 Å². The maximum absolute atomic E-state index is 14.0. The van der Waals surface area contributed by atoms with E-state index in [1.54, 1.807) is 50.3 Å². The van der Waals surface area contributed by atoms with E-state index in [2.05, 4.69) is 67.2 Å². The van der Waals surface area contributed by atoms with Crippen molar-refractivity contribution in [2.24, 2.45) is 12.5 Å². The highest BCUT2D eigenvalue weighted by Gasteiger charge is 2.38. The number of aliphatic hydroxyl groups is 2. The van der Waals surface area contributed by atoms with Crippen molar-refractivity contribution < 1.29 is 19.8 Å². The van der Waals surface area contributed by atoms with Gasteiger partial charge in [0.15, 0.2) is 5.82 Å². The number of anilines is 6. The first-order valence-electron chi connectivity index (χ1n) is 23.0. The summed E-state index contributed by atoms with van der Waals surface area (Å²) in [5.74, 6) is -0.110. The average Bonchev–Trinajstić information content (AvgIpc) is 3.79. The molecule has 66 heavy (non-hydrogen) atoms. The normalized spacial score (nSPS) is 18.9. The lowest BCUT2D eigenvalue weighted by Crippen LogP contribution is -2.57. The van der Waals surface area contributed by atoms with Gasteiger partial charge in [0.05, 0.1) is 41.3 Å². The highest BCUT2D eigenvalue weighted by molar-refractivity contribution is 6.06. The van der Waals surface area contributed by atoms with Crippen LogP contribution >= 0.6 is 0 Å². The number of aliphatic hydroxyl groups excluding tert-OH is 1. The number of piperidine rings is 1. The molecule has 4 aliphatic rings. The fourth-order valence-corrected chi connectivity index (χ4v) is 10.4. The van der Waals surface area contributed by atoms with E-state index in [1.165, 1.54) is 21.9 Å². The van der Waals surface area contributed by atoms with E-state index in [0.29, 0.717) is 64.5 Å². The topological polar surface area (TPSA) is 177 Å². The summed E-state index contributed by atoms with van der Waals surface area (Å²) in [7, 11) is 1.64. The molecule has 346 valence electrons. The molecule has 16 heteroatoms. The van der Waals surface area contributed by atoms with Gasteiger partial charge in [-0.2, -0.15) is 0 Å². The predicted molar refractivity (Wildman–Crippen MR) is 258 cm³/mol. The molecule has 0 bridgehead atoms. The van der Waals surface area contributed by atoms with Crippen LogP contribution in [0.1, 0.15) is 80.5 Å². The highest BCUT2D eigenvalue weighted by Crippen LogP contribution is 2.40. The summed E-state index contributed by atoms with van der Waals surface area (Å²) < 4.78 is 3.58. The summed E-state index contributed by atoms with van der Waals surface area (Å²) in [6.07, 6.45) is 10.2. The third-order valence-electron chi connectivity index (χ3n) is 13.8. The molecule has 1 atom stereocenters. The lowest BCUT2D eigenvalue weighted by molar-refractivity contribution is -0.111. The number of aromatic nitrogens is 5. The summed E-state index contributed by atoms with van der Waals surface area (Å²) in [5.41, 5.74) is 6.99. The van der Waals surface area contributed by atoms with Crippen molar-refractivity contribution in [2.45, 2.75) is 91.1 Å². The molecule has 4 aromatic heterocycles. The van der Waals surface area contributed by atoms with Crippen LogP contribution in [0.4, 0.5) is 34.4 Å². The van der Waals surface area contributed by atoms with Crippen LogP contribution in [0.25, 0.3) is 11.3 Å². The first-order chi connectivity index (χ1) is 31.5. The largest absolute Gasteiger partial charge is 0.392 e.